The zero-order valence-corrected chi connectivity index (χ0v) is 7.59. The van der Waals surface area contributed by atoms with Crippen molar-refractivity contribution >= 4 is 11.9 Å². The predicted molar refractivity (Wildman–Crippen MR) is 47.6 cm³/mol. The quantitative estimate of drug-likeness (QED) is 0.646. The molecular weight excluding hydrogens is 184 g/mol. The fourth-order valence-corrected chi connectivity index (χ4v) is 2.67. The second-order valence-electron chi connectivity index (χ2n) is 4.02. The maximum atomic E-state index is 11.0. The van der Waals surface area contributed by atoms with E-state index in [4.69, 9.17) is 10.2 Å². The Balaban J connectivity index is 2.33. The van der Waals surface area contributed by atoms with Crippen molar-refractivity contribution in [2.24, 2.45) is 23.7 Å². The molecular formula is C10H12O4. The molecule has 0 aromatic heterocycles. The van der Waals surface area contributed by atoms with E-state index in [1.807, 2.05) is 12.2 Å². The van der Waals surface area contributed by atoms with Gasteiger partial charge in [0.15, 0.2) is 0 Å². The Kier molecular flexibility index (Phi) is 2.06. The number of fused-ring (bicyclic) bond motifs is 2. The summed E-state index contributed by atoms with van der Waals surface area (Å²) in [6, 6.07) is 0. The largest absolute Gasteiger partial charge is 0.481 e. The van der Waals surface area contributed by atoms with E-state index in [0.717, 1.165) is 12.8 Å². The fourth-order valence-electron chi connectivity index (χ4n) is 2.67. The second-order valence-corrected chi connectivity index (χ2v) is 4.02. The lowest BCUT2D eigenvalue weighted by atomic mass is 9.62. The van der Waals surface area contributed by atoms with Crippen LogP contribution in [0, 0.1) is 23.7 Å². The first-order valence-corrected chi connectivity index (χ1v) is 4.75. The van der Waals surface area contributed by atoms with Crippen molar-refractivity contribution in [2.75, 3.05) is 0 Å². The van der Waals surface area contributed by atoms with Gasteiger partial charge in [-0.2, -0.15) is 0 Å². The van der Waals surface area contributed by atoms with E-state index >= 15 is 0 Å². The first kappa shape index (κ1) is 9.24. The summed E-state index contributed by atoms with van der Waals surface area (Å²) in [4.78, 5) is 21.9. The summed E-state index contributed by atoms with van der Waals surface area (Å²) < 4.78 is 0. The number of carboxylic acid groups (broad SMARTS) is 2. The molecule has 2 bridgehead atoms. The Morgan fingerprint density at radius 1 is 0.929 bits per heavy atom. The molecule has 0 spiro atoms. The standard InChI is InChI=1S/C10H12O4/c11-9(12)7-5-1-2-6(4-3-5)8(7)10(13)14/h1-2,5-8H,3-4H2,(H,11,12)(H,13,14)/t5-,6-,7-,8+/m1/s1. The van der Waals surface area contributed by atoms with E-state index < -0.39 is 23.8 Å². The van der Waals surface area contributed by atoms with Crippen molar-refractivity contribution in [1.82, 2.24) is 0 Å². The van der Waals surface area contributed by atoms with Crippen LogP contribution in [0.15, 0.2) is 12.2 Å². The van der Waals surface area contributed by atoms with Crippen molar-refractivity contribution in [2.45, 2.75) is 12.8 Å². The van der Waals surface area contributed by atoms with Gasteiger partial charge in [0.25, 0.3) is 0 Å². The smallest absolute Gasteiger partial charge is 0.307 e. The molecule has 0 aromatic carbocycles. The normalized spacial score (nSPS) is 39.7. The van der Waals surface area contributed by atoms with Gasteiger partial charge in [-0.15, -0.1) is 0 Å². The summed E-state index contributed by atoms with van der Waals surface area (Å²) in [5.74, 6) is -3.57. The van der Waals surface area contributed by atoms with Crippen LogP contribution in [0.3, 0.4) is 0 Å². The molecule has 14 heavy (non-hydrogen) atoms. The third-order valence-corrected chi connectivity index (χ3v) is 3.32. The van der Waals surface area contributed by atoms with E-state index in [9.17, 15) is 9.59 Å². The van der Waals surface area contributed by atoms with Gasteiger partial charge in [0.2, 0.25) is 0 Å². The van der Waals surface area contributed by atoms with Crippen LogP contribution in [0.25, 0.3) is 0 Å². The number of aliphatic carboxylic acids is 2. The maximum absolute atomic E-state index is 11.0. The topological polar surface area (TPSA) is 74.6 Å². The minimum Gasteiger partial charge on any atom is -0.481 e. The monoisotopic (exact) mass is 196 g/mol. The predicted octanol–water partition coefficient (Wildman–Crippen LogP) is 0.984. The molecule has 3 aliphatic rings. The number of rotatable bonds is 2. The number of carbonyl (C=O) groups is 2. The lowest BCUT2D eigenvalue weighted by Crippen LogP contribution is -2.45. The molecule has 4 nitrogen and oxygen atoms in total. The van der Waals surface area contributed by atoms with E-state index in [-0.39, 0.29) is 11.8 Å². The van der Waals surface area contributed by atoms with Crippen molar-refractivity contribution < 1.29 is 19.8 Å². The average molecular weight is 196 g/mol. The van der Waals surface area contributed by atoms with Gasteiger partial charge in [0, 0.05) is 0 Å². The summed E-state index contributed by atoms with van der Waals surface area (Å²) in [5, 5.41) is 18.0. The van der Waals surface area contributed by atoms with Crippen LogP contribution < -0.4 is 0 Å². The average Bonchev–Trinajstić information content (AvgIpc) is 2.17. The Hall–Kier alpha value is -1.32. The Bertz CT molecular complexity index is 277. The molecule has 3 aliphatic carbocycles. The third-order valence-electron chi connectivity index (χ3n) is 3.32. The summed E-state index contributed by atoms with van der Waals surface area (Å²) in [7, 11) is 0. The molecule has 4 heteroatoms. The van der Waals surface area contributed by atoms with Crippen LogP contribution >= 0.6 is 0 Å². The van der Waals surface area contributed by atoms with E-state index in [0.29, 0.717) is 0 Å². The lowest BCUT2D eigenvalue weighted by molar-refractivity contribution is -0.160. The second kappa shape index (κ2) is 3.12. The molecule has 3 rings (SSSR count). The Morgan fingerprint density at radius 2 is 1.29 bits per heavy atom. The van der Waals surface area contributed by atoms with E-state index in [2.05, 4.69) is 0 Å². The van der Waals surface area contributed by atoms with Gasteiger partial charge >= 0.3 is 11.9 Å². The van der Waals surface area contributed by atoms with Gasteiger partial charge in [-0.3, -0.25) is 9.59 Å². The lowest BCUT2D eigenvalue weighted by Gasteiger charge is -2.40. The molecule has 0 unspecified atom stereocenters. The molecule has 0 amide bonds. The highest BCUT2D eigenvalue weighted by molar-refractivity contribution is 5.81. The molecule has 0 saturated heterocycles. The summed E-state index contributed by atoms with van der Waals surface area (Å²) >= 11 is 0. The molecule has 2 N–H and O–H groups in total. The highest BCUT2D eigenvalue weighted by atomic mass is 16.4. The molecule has 0 aliphatic heterocycles. The Morgan fingerprint density at radius 3 is 1.50 bits per heavy atom. The van der Waals surface area contributed by atoms with Gasteiger partial charge in [-0.25, -0.2) is 0 Å². The molecule has 0 aromatic rings. The van der Waals surface area contributed by atoms with Crippen LogP contribution in [0.2, 0.25) is 0 Å². The summed E-state index contributed by atoms with van der Waals surface area (Å²) in [6.07, 6.45) is 5.35. The fraction of sp³-hybridized carbons (Fsp3) is 0.600. The molecule has 1 fully saturated rings. The van der Waals surface area contributed by atoms with E-state index in [1.165, 1.54) is 0 Å². The van der Waals surface area contributed by atoms with Crippen molar-refractivity contribution in [3.63, 3.8) is 0 Å². The van der Waals surface area contributed by atoms with Crippen LogP contribution in [-0.2, 0) is 9.59 Å². The van der Waals surface area contributed by atoms with Crippen LogP contribution in [0.5, 0.6) is 0 Å². The number of allylic oxidation sites excluding steroid dienone is 2. The van der Waals surface area contributed by atoms with Gasteiger partial charge in [0.1, 0.15) is 0 Å². The van der Waals surface area contributed by atoms with Crippen molar-refractivity contribution in [3.8, 4) is 0 Å². The van der Waals surface area contributed by atoms with Crippen LogP contribution in [0.4, 0.5) is 0 Å². The number of carboxylic acids is 2. The highest BCUT2D eigenvalue weighted by Crippen LogP contribution is 2.44. The van der Waals surface area contributed by atoms with Gasteiger partial charge < -0.3 is 10.2 Å². The Labute approximate surface area is 81.2 Å². The van der Waals surface area contributed by atoms with Crippen LogP contribution in [-0.4, -0.2) is 22.2 Å². The molecule has 4 atom stereocenters. The zero-order valence-electron chi connectivity index (χ0n) is 7.59. The summed E-state index contributed by atoms with van der Waals surface area (Å²) in [6.45, 7) is 0. The summed E-state index contributed by atoms with van der Waals surface area (Å²) in [5.41, 5.74) is 0. The van der Waals surface area contributed by atoms with Crippen molar-refractivity contribution in [1.29, 1.82) is 0 Å². The van der Waals surface area contributed by atoms with Gasteiger partial charge in [-0.05, 0) is 24.7 Å². The van der Waals surface area contributed by atoms with Gasteiger partial charge in [-0.1, -0.05) is 12.2 Å². The van der Waals surface area contributed by atoms with Crippen molar-refractivity contribution in [3.05, 3.63) is 12.2 Å². The molecule has 1 saturated carbocycles. The zero-order chi connectivity index (χ0) is 10.3. The maximum Gasteiger partial charge on any atom is 0.307 e. The highest BCUT2D eigenvalue weighted by Gasteiger charge is 2.48. The van der Waals surface area contributed by atoms with E-state index in [1.54, 1.807) is 0 Å². The molecule has 0 radical (unpaired) electrons. The minimum atomic E-state index is -0.976. The first-order valence-electron chi connectivity index (χ1n) is 4.75. The van der Waals surface area contributed by atoms with Crippen LogP contribution in [0.1, 0.15) is 12.8 Å². The molecule has 76 valence electrons. The molecule has 0 heterocycles. The SMILES string of the molecule is O=C(O)[C@@H]1[C@H](C(=O)O)[C@@H]2C=C[C@@H]1CC2. The number of hydrogen-bond acceptors (Lipinski definition) is 2. The minimum absolute atomic E-state index is 0.0846. The first-order chi connectivity index (χ1) is 6.61. The number of hydrogen-bond donors (Lipinski definition) is 2. The third kappa shape index (κ3) is 1.22. The van der Waals surface area contributed by atoms with Gasteiger partial charge in [0.05, 0.1) is 11.8 Å².